The lowest BCUT2D eigenvalue weighted by Gasteiger charge is -2.16. The molecule has 2 aromatic carbocycles. The van der Waals surface area contributed by atoms with Gasteiger partial charge in [-0.05, 0) is 46.8 Å². The second kappa shape index (κ2) is 6.67. The Morgan fingerprint density at radius 2 is 1.55 bits per heavy atom. The monoisotopic (exact) mass is 290 g/mol. The number of hydrogen-bond donors (Lipinski definition) is 0. The Kier molecular flexibility index (Phi) is 4.91. The van der Waals surface area contributed by atoms with E-state index < -0.39 is 0 Å². The van der Waals surface area contributed by atoms with Crippen molar-refractivity contribution in [2.24, 2.45) is 0 Å². The molecular formula is C17H16ClFO. The molecule has 3 heteroatoms. The van der Waals surface area contributed by atoms with E-state index in [1.165, 1.54) is 17.7 Å². The van der Waals surface area contributed by atoms with Crippen molar-refractivity contribution < 1.29 is 9.18 Å². The fourth-order valence-corrected chi connectivity index (χ4v) is 2.42. The van der Waals surface area contributed by atoms with Gasteiger partial charge in [-0.2, -0.15) is 0 Å². The van der Waals surface area contributed by atoms with Gasteiger partial charge in [-0.15, -0.1) is 0 Å². The van der Waals surface area contributed by atoms with E-state index >= 15 is 0 Å². The van der Waals surface area contributed by atoms with Gasteiger partial charge in [0.15, 0.2) is 0 Å². The van der Waals surface area contributed by atoms with Crippen LogP contribution in [0.1, 0.15) is 36.0 Å². The zero-order valence-electron chi connectivity index (χ0n) is 11.3. The lowest BCUT2D eigenvalue weighted by molar-refractivity contribution is -0.111. The molecule has 1 unspecified atom stereocenters. The Balaban J connectivity index is 2.35. The quantitative estimate of drug-likeness (QED) is 0.731. The lowest BCUT2D eigenvalue weighted by atomic mass is 9.88. The van der Waals surface area contributed by atoms with Crippen LogP contribution in [0.5, 0.6) is 0 Å². The van der Waals surface area contributed by atoms with Crippen LogP contribution in [-0.4, -0.2) is 5.24 Å². The molecule has 0 aromatic heterocycles. The minimum Gasteiger partial charge on any atom is -0.281 e. The molecule has 2 aromatic rings. The molecule has 0 aliphatic carbocycles. The molecule has 1 atom stereocenters. The van der Waals surface area contributed by atoms with Gasteiger partial charge in [0, 0.05) is 12.3 Å². The molecule has 0 radical (unpaired) electrons. The Labute approximate surface area is 123 Å². The van der Waals surface area contributed by atoms with E-state index in [0.29, 0.717) is 0 Å². The summed E-state index contributed by atoms with van der Waals surface area (Å²) in [6.45, 7) is 2.09. The van der Waals surface area contributed by atoms with Gasteiger partial charge in [-0.1, -0.05) is 43.3 Å². The predicted octanol–water partition coefficient (Wildman–Crippen LogP) is 4.68. The fraction of sp³-hybridized carbons (Fsp3) is 0.235. The number of aryl methyl sites for hydroxylation is 1. The Morgan fingerprint density at radius 3 is 2.00 bits per heavy atom. The van der Waals surface area contributed by atoms with Gasteiger partial charge >= 0.3 is 0 Å². The van der Waals surface area contributed by atoms with E-state index in [-0.39, 0.29) is 23.4 Å². The molecule has 0 heterocycles. The number of halogens is 2. The number of carbonyl (C=O) groups excluding carboxylic acids is 1. The van der Waals surface area contributed by atoms with E-state index in [4.69, 9.17) is 11.6 Å². The topological polar surface area (TPSA) is 17.1 Å². The van der Waals surface area contributed by atoms with Gasteiger partial charge in [0.2, 0.25) is 5.24 Å². The highest BCUT2D eigenvalue weighted by atomic mass is 35.5. The Bertz CT molecular complexity index is 575. The third kappa shape index (κ3) is 3.67. The smallest absolute Gasteiger partial charge is 0.222 e. The van der Waals surface area contributed by atoms with Crippen LogP contribution in [0.25, 0.3) is 0 Å². The zero-order valence-corrected chi connectivity index (χ0v) is 12.0. The molecule has 0 saturated carbocycles. The number of rotatable bonds is 5. The summed E-state index contributed by atoms with van der Waals surface area (Å²) in [5.74, 6) is -0.419. The van der Waals surface area contributed by atoms with Crippen molar-refractivity contribution >= 4 is 16.8 Å². The fourth-order valence-electron chi connectivity index (χ4n) is 2.27. The summed E-state index contributed by atoms with van der Waals surface area (Å²) in [6.07, 6.45) is 1.18. The van der Waals surface area contributed by atoms with Crippen LogP contribution >= 0.6 is 11.6 Å². The van der Waals surface area contributed by atoms with Crippen LogP contribution in [0.4, 0.5) is 4.39 Å². The molecule has 0 amide bonds. The third-order valence-corrected chi connectivity index (χ3v) is 3.58. The van der Waals surface area contributed by atoms with Gasteiger partial charge in [-0.25, -0.2) is 4.39 Å². The van der Waals surface area contributed by atoms with Crippen LogP contribution < -0.4 is 0 Å². The summed E-state index contributed by atoms with van der Waals surface area (Å²) < 4.78 is 13.0. The largest absolute Gasteiger partial charge is 0.281 e. The van der Waals surface area contributed by atoms with E-state index in [1.54, 1.807) is 12.1 Å². The molecule has 104 valence electrons. The molecule has 0 N–H and O–H groups in total. The Hall–Kier alpha value is -1.67. The van der Waals surface area contributed by atoms with Gasteiger partial charge < -0.3 is 0 Å². The van der Waals surface area contributed by atoms with Crippen LogP contribution in [0.3, 0.4) is 0 Å². The van der Waals surface area contributed by atoms with E-state index in [0.717, 1.165) is 17.5 Å². The van der Waals surface area contributed by atoms with Crippen molar-refractivity contribution in [2.75, 3.05) is 0 Å². The van der Waals surface area contributed by atoms with Crippen molar-refractivity contribution in [1.82, 2.24) is 0 Å². The van der Waals surface area contributed by atoms with E-state index in [1.807, 2.05) is 24.3 Å². The molecule has 1 nitrogen and oxygen atoms in total. The molecule has 0 spiro atoms. The first-order valence-electron chi connectivity index (χ1n) is 6.62. The van der Waals surface area contributed by atoms with Gasteiger partial charge in [-0.3, -0.25) is 4.79 Å². The average Bonchev–Trinajstić information content (AvgIpc) is 2.46. The minimum absolute atomic E-state index is 0.133. The third-order valence-electron chi connectivity index (χ3n) is 3.43. The normalized spacial score (nSPS) is 12.2. The van der Waals surface area contributed by atoms with Crippen molar-refractivity contribution in [1.29, 1.82) is 0 Å². The van der Waals surface area contributed by atoms with Crippen LogP contribution in [-0.2, 0) is 11.2 Å². The maximum atomic E-state index is 13.0. The molecule has 0 aliphatic rings. The average molecular weight is 291 g/mol. The summed E-state index contributed by atoms with van der Waals surface area (Å²) >= 11 is 5.55. The Morgan fingerprint density at radius 1 is 1.05 bits per heavy atom. The first kappa shape index (κ1) is 14.7. The minimum atomic E-state index is -0.390. The maximum absolute atomic E-state index is 13.0. The standard InChI is InChI=1S/C17H16ClFO/c1-2-12-3-5-13(6-4-12)16(11-17(18)20)14-7-9-15(19)10-8-14/h3-10,16H,2,11H2,1H3. The highest BCUT2D eigenvalue weighted by Gasteiger charge is 2.17. The molecular weight excluding hydrogens is 275 g/mol. The highest BCUT2D eigenvalue weighted by molar-refractivity contribution is 6.63. The van der Waals surface area contributed by atoms with Gasteiger partial charge in [0.25, 0.3) is 0 Å². The zero-order chi connectivity index (χ0) is 14.5. The van der Waals surface area contributed by atoms with Crippen LogP contribution in [0.2, 0.25) is 0 Å². The number of hydrogen-bond acceptors (Lipinski definition) is 1. The van der Waals surface area contributed by atoms with Crippen molar-refractivity contribution in [2.45, 2.75) is 25.7 Å². The lowest BCUT2D eigenvalue weighted by Crippen LogP contribution is -2.05. The second-order valence-electron chi connectivity index (χ2n) is 4.76. The van der Waals surface area contributed by atoms with Crippen LogP contribution in [0, 0.1) is 5.82 Å². The predicted molar refractivity (Wildman–Crippen MR) is 79.5 cm³/mol. The highest BCUT2D eigenvalue weighted by Crippen LogP contribution is 2.29. The summed E-state index contributed by atoms with van der Waals surface area (Å²) in [5, 5.41) is -0.390. The first-order chi connectivity index (χ1) is 9.60. The molecule has 0 aliphatic heterocycles. The number of carbonyl (C=O) groups is 1. The van der Waals surface area contributed by atoms with Gasteiger partial charge in [0.1, 0.15) is 5.82 Å². The number of benzene rings is 2. The van der Waals surface area contributed by atoms with Gasteiger partial charge in [0.05, 0.1) is 0 Å². The first-order valence-corrected chi connectivity index (χ1v) is 7.00. The van der Waals surface area contributed by atoms with Crippen molar-refractivity contribution in [3.05, 3.63) is 71.0 Å². The summed E-state index contributed by atoms with van der Waals surface area (Å²) in [4.78, 5) is 11.3. The summed E-state index contributed by atoms with van der Waals surface area (Å²) in [6, 6.07) is 14.3. The summed E-state index contributed by atoms with van der Waals surface area (Å²) in [5.41, 5.74) is 3.15. The maximum Gasteiger partial charge on any atom is 0.222 e. The van der Waals surface area contributed by atoms with Crippen molar-refractivity contribution in [3.8, 4) is 0 Å². The summed E-state index contributed by atoms with van der Waals surface area (Å²) in [7, 11) is 0. The van der Waals surface area contributed by atoms with E-state index in [2.05, 4.69) is 6.92 Å². The molecule has 20 heavy (non-hydrogen) atoms. The van der Waals surface area contributed by atoms with Crippen LogP contribution in [0.15, 0.2) is 48.5 Å². The SMILES string of the molecule is CCc1ccc(C(CC(=O)Cl)c2ccc(F)cc2)cc1. The van der Waals surface area contributed by atoms with Crippen molar-refractivity contribution in [3.63, 3.8) is 0 Å². The molecule has 0 fully saturated rings. The molecule has 0 saturated heterocycles. The molecule has 0 bridgehead atoms. The van der Waals surface area contributed by atoms with E-state index in [9.17, 15) is 9.18 Å². The second-order valence-corrected chi connectivity index (χ2v) is 5.18. The molecule has 2 rings (SSSR count).